The van der Waals surface area contributed by atoms with Gasteiger partial charge in [-0.15, -0.1) is 0 Å². The monoisotopic (exact) mass is 198 g/mol. The van der Waals surface area contributed by atoms with Crippen molar-refractivity contribution in [3.8, 4) is 0 Å². The van der Waals surface area contributed by atoms with E-state index in [-0.39, 0.29) is 11.7 Å². The lowest BCUT2D eigenvalue weighted by atomic mass is 9.63. The summed E-state index contributed by atoms with van der Waals surface area (Å²) in [6, 6.07) is 0. The Labute approximate surface area is 86.6 Å². The van der Waals surface area contributed by atoms with E-state index in [1.54, 1.807) is 0 Å². The predicted octanol–water partition coefficient (Wildman–Crippen LogP) is 2.35. The maximum atomic E-state index is 10.2. The molecule has 4 atom stereocenters. The van der Waals surface area contributed by atoms with Gasteiger partial charge in [0.25, 0.3) is 0 Å². The molecule has 2 bridgehead atoms. The minimum absolute atomic E-state index is 0.00637. The van der Waals surface area contributed by atoms with Crippen molar-refractivity contribution in [1.82, 2.24) is 0 Å². The van der Waals surface area contributed by atoms with Crippen molar-refractivity contribution in [1.29, 1.82) is 0 Å². The van der Waals surface area contributed by atoms with Gasteiger partial charge in [0.1, 0.15) is 0 Å². The van der Waals surface area contributed by atoms with Gasteiger partial charge in [0.05, 0.1) is 17.3 Å². The standard InChI is InChI=1S/C12H22O2/c1-8-10-7-9(11(2,3)14-8)5-6-12(10,4)13/h8-10,13H,5-7H2,1-4H3/t8-,9+,10-,12+/m0/s1. The summed E-state index contributed by atoms with van der Waals surface area (Å²) in [5.41, 5.74) is -0.501. The summed E-state index contributed by atoms with van der Waals surface area (Å²) in [5.74, 6) is 0.957. The zero-order valence-electron chi connectivity index (χ0n) is 9.71. The number of aliphatic hydroxyl groups is 1. The fourth-order valence-electron chi connectivity index (χ4n) is 3.32. The highest BCUT2D eigenvalue weighted by molar-refractivity contribution is 5.00. The van der Waals surface area contributed by atoms with Crippen LogP contribution in [0.25, 0.3) is 0 Å². The Morgan fingerprint density at radius 2 is 1.93 bits per heavy atom. The van der Waals surface area contributed by atoms with Gasteiger partial charge < -0.3 is 9.84 Å². The van der Waals surface area contributed by atoms with Crippen LogP contribution >= 0.6 is 0 Å². The Hall–Kier alpha value is -0.0800. The summed E-state index contributed by atoms with van der Waals surface area (Å²) in [6.07, 6.45) is 3.35. The molecule has 2 nitrogen and oxygen atoms in total. The molecule has 2 aliphatic rings. The van der Waals surface area contributed by atoms with Crippen molar-refractivity contribution in [3.63, 3.8) is 0 Å². The fraction of sp³-hybridized carbons (Fsp3) is 1.00. The first-order chi connectivity index (χ1) is 6.33. The summed E-state index contributed by atoms with van der Waals surface area (Å²) in [5, 5.41) is 10.2. The molecule has 0 amide bonds. The van der Waals surface area contributed by atoms with Crippen molar-refractivity contribution < 1.29 is 9.84 Å². The van der Waals surface area contributed by atoms with Gasteiger partial charge in [-0.05, 0) is 52.9 Å². The van der Waals surface area contributed by atoms with Gasteiger partial charge in [-0.1, -0.05) is 0 Å². The molecule has 1 saturated heterocycles. The first-order valence-corrected chi connectivity index (χ1v) is 5.73. The van der Waals surface area contributed by atoms with E-state index in [2.05, 4.69) is 20.8 Å². The third-order valence-corrected chi connectivity index (χ3v) is 4.38. The van der Waals surface area contributed by atoms with Crippen LogP contribution in [-0.4, -0.2) is 22.4 Å². The normalized spacial score (nSPS) is 51.6. The number of ether oxygens (including phenoxy) is 1. The molecule has 1 heterocycles. The topological polar surface area (TPSA) is 29.5 Å². The number of hydrogen-bond donors (Lipinski definition) is 1. The molecule has 1 aliphatic carbocycles. The van der Waals surface area contributed by atoms with Crippen molar-refractivity contribution in [2.75, 3.05) is 0 Å². The van der Waals surface area contributed by atoms with Crippen LogP contribution < -0.4 is 0 Å². The van der Waals surface area contributed by atoms with E-state index in [0.717, 1.165) is 19.3 Å². The van der Waals surface area contributed by atoms with Crippen LogP contribution in [0.15, 0.2) is 0 Å². The van der Waals surface area contributed by atoms with Crippen LogP contribution in [0.5, 0.6) is 0 Å². The van der Waals surface area contributed by atoms with Gasteiger partial charge in [-0.3, -0.25) is 0 Å². The van der Waals surface area contributed by atoms with Crippen LogP contribution in [0, 0.1) is 11.8 Å². The van der Waals surface area contributed by atoms with Crippen LogP contribution in [0.2, 0.25) is 0 Å². The lowest BCUT2D eigenvalue weighted by Crippen LogP contribution is -2.56. The van der Waals surface area contributed by atoms with Crippen molar-refractivity contribution in [2.24, 2.45) is 11.8 Å². The summed E-state index contributed by atoms with van der Waals surface area (Å²) < 4.78 is 6.02. The maximum absolute atomic E-state index is 10.2. The maximum Gasteiger partial charge on any atom is 0.0672 e. The van der Waals surface area contributed by atoms with Crippen LogP contribution in [-0.2, 0) is 4.74 Å². The largest absolute Gasteiger partial charge is 0.390 e. The molecule has 2 heteroatoms. The van der Waals surface area contributed by atoms with E-state index in [0.29, 0.717) is 11.8 Å². The molecule has 1 aliphatic heterocycles. The second-order valence-corrected chi connectivity index (χ2v) is 5.86. The van der Waals surface area contributed by atoms with Gasteiger partial charge in [0.15, 0.2) is 0 Å². The Morgan fingerprint density at radius 3 is 2.57 bits per heavy atom. The molecule has 0 unspecified atom stereocenters. The number of rotatable bonds is 0. The highest BCUT2D eigenvalue weighted by atomic mass is 16.5. The first-order valence-electron chi connectivity index (χ1n) is 5.73. The molecule has 0 aromatic heterocycles. The number of fused-ring (bicyclic) bond motifs is 2. The van der Waals surface area contributed by atoms with Crippen molar-refractivity contribution in [2.45, 2.75) is 64.3 Å². The molecular formula is C12H22O2. The smallest absolute Gasteiger partial charge is 0.0672 e. The number of hydrogen-bond acceptors (Lipinski definition) is 2. The highest BCUT2D eigenvalue weighted by Gasteiger charge is 2.50. The minimum Gasteiger partial charge on any atom is -0.390 e. The second-order valence-electron chi connectivity index (χ2n) is 5.86. The summed E-state index contributed by atoms with van der Waals surface area (Å²) in [7, 11) is 0. The van der Waals surface area contributed by atoms with E-state index < -0.39 is 5.60 Å². The Kier molecular flexibility index (Phi) is 2.20. The molecule has 14 heavy (non-hydrogen) atoms. The van der Waals surface area contributed by atoms with Crippen LogP contribution in [0.4, 0.5) is 0 Å². The molecule has 2 rings (SSSR count). The molecule has 0 aromatic rings. The van der Waals surface area contributed by atoms with Crippen LogP contribution in [0.1, 0.15) is 47.0 Å². The van der Waals surface area contributed by atoms with E-state index in [9.17, 15) is 5.11 Å². The minimum atomic E-state index is -0.508. The van der Waals surface area contributed by atoms with Gasteiger partial charge >= 0.3 is 0 Å². The average Bonchev–Trinajstić information content (AvgIpc) is 2.00. The first kappa shape index (κ1) is 10.4. The zero-order chi connectivity index (χ0) is 10.6. The quantitative estimate of drug-likeness (QED) is 0.647. The van der Waals surface area contributed by atoms with Crippen molar-refractivity contribution >= 4 is 0 Å². The predicted molar refractivity (Wildman–Crippen MR) is 56.1 cm³/mol. The van der Waals surface area contributed by atoms with E-state index >= 15 is 0 Å². The second kappa shape index (κ2) is 2.96. The molecule has 0 aromatic carbocycles. The van der Waals surface area contributed by atoms with Gasteiger partial charge in [-0.2, -0.15) is 0 Å². The van der Waals surface area contributed by atoms with Crippen LogP contribution in [0.3, 0.4) is 0 Å². The summed E-state index contributed by atoms with van der Waals surface area (Å²) in [4.78, 5) is 0. The molecule has 0 radical (unpaired) electrons. The van der Waals surface area contributed by atoms with E-state index in [4.69, 9.17) is 4.74 Å². The molecule has 1 saturated carbocycles. The molecule has 1 N–H and O–H groups in total. The average molecular weight is 198 g/mol. The Bertz CT molecular complexity index is 230. The van der Waals surface area contributed by atoms with Gasteiger partial charge in [0.2, 0.25) is 0 Å². The molecule has 0 spiro atoms. The Balaban J connectivity index is 2.22. The zero-order valence-corrected chi connectivity index (χ0v) is 9.71. The third kappa shape index (κ3) is 1.49. The molecular weight excluding hydrogens is 176 g/mol. The van der Waals surface area contributed by atoms with Gasteiger partial charge in [-0.25, -0.2) is 0 Å². The summed E-state index contributed by atoms with van der Waals surface area (Å²) >= 11 is 0. The summed E-state index contributed by atoms with van der Waals surface area (Å²) in [6.45, 7) is 8.43. The molecule has 2 fully saturated rings. The molecule has 82 valence electrons. The fourth-order valence-corrected chi connectivity index (χ4v) is 3.32. The van der Waals surface area contributed by atoms with Gasteiger partial charge in [0, 0.05) is 5.92 Å². The Morgan fingerprint density at radius 1 is 1.29 bits per heavy atom. The lowest BCUT2D eigenvalue weighted by Gasteiger charge is -2.54. The van der Waals surface area contributed by atoms with Crippen molar-refractivity contribution in [3.05, 3.63) is 0 Å². The third-order valence-electron chi connectivity index (χ3n) is 4.38. The highest BCUT2D eigenvalue weighted by Crippen LogP contribution is 2.49. The van der Waals surface area contributed by atoms with E-state index in [1.807, 2.05) is 6.92 Å². The van der Waals surface area contributed by atoms with E-state index in [1.165, 1.54) is 0 Å². The SMILES string of the molecule is C[C@@H]1OC(C)(C)[C@@H]2CC[C@@](C)(O)[C@H]1C2. The lowest BCUT2D eigenvalue weighted by molar-refractivity contribution is -0.223.